The molecule has 0 unspecified atom stereocenters. The highest BCUT2D eigenvalue weighted by atomic mass is 32.2. The van der Waals surface area contributed by atoms with Gasteiger partial charge in [0.25, 0.3) is 0 Å². The molecule has 0 aliphatic carbocycles. The van der Waals surface area contributed by atoms with Gasteiger partial charge >= 0.3 is 0 Å². The van der Waals surface area contributed by atoms with Gasteiger partial charge < -0.3 is 4.42 Å². The maximum atomic E-state index is 5.62. The zero-order valence-electron chi connectivity index (χ0n) is 16.0. The van der Waals surface area contributed by atoms with Crippen molar-refractivity contribution in [1.82, 2.24) is 29.9 Å². The van der Waals surface area contributed by atoms with Crippen molar-refractivity contribution in [3.05, 3.63) is 65.6 Å². The summed E-state index contributed by atoms with van der Waals surface area (Å²) in [5.41, 5.74) is 4.43. The number of aryl methyl sites for hydroxylation is 3. The Kier molecular flexibility index (Phi) is 5.21. The normalized spacial score (nSPS) is 11.1. The van der Waals surface area contributed by atoms with Crippen molar-refractivity contribution in [1.29, 1.82) is 0 Å². The van der Waals surface area contributed by atoms with Crippen molar-refractivity contribution in [2.75, 3.05) is 0 Å². The van der Waals surface area contributed by atoms with Gasteiger partial charge in [-0.1, -0.05) is 24.8 Å². The van der Waals surface area contributed by atoms with Crippen molar-refractivity contribution in [3.8, 4) is 17.1 Å². The van der Waals surface area contributed by atoms with Gasteiger partial charge in [-0.3, -0.25) is 9.55 Å². The summed E-state index contributed by atoms with van der Waals surface area (Å²) in [7, 11) is 0. The molecule has 0 aliphatic heterocycles. The minimum absolute atomic E-state index is 0.534. The second-order valence-electron chi connectivity index (χ2n) is 6.38. The molecule has 0 bridgehead atoms. The summed E-state index contributed by atoms with van der Waals surface area (Å²) in [6.07, 6.45) is 4.24. The van der Waals surface area contributed by atoms with Gasteiger partial charge in [-0.25, -0.2) is 0 Å². The number of rotatable bonds is 6. The highest BCUT2D eigenvalue weighted by Gasteiger charge is 2.17. The van der Waals surface area contributed by atoms with Crippen LogP contribution in [0.15, 0.2) is 52.3 Å². The van der Waals surface area contributed by atoms with E-state index in [1.54, 1.807) is 12.4 Å². The Labute approximate surface area is 167 Å². The Morgan fingerprint density at radius 2 is 1.71 bits per heavy atom. The average molecular weight is 392 g/mol. The van der Waals surface area contributed by atoms with Gasteiger partial charge in [0, 0.05) is 24.4 Å². The number of thioether (sulfide) groups is 1. The summed E-state index contributed by atoms with van der Waals surface area (Å²) in [6, 6.07) is 10.2. The molecule has 0 spiro atoms. The topological polar surface area (TPSA) is 82.5 Å². The maximum absolute atomic E-state index is 5.62. The fraction of sp³-hybridized carbons (Fsp3) is 0.250. The van der Waals surface area contributed by atoms with E-state index >= 15 is 0 Å². The molecule has 0 saturated heterocycles. The lowest BCUT2D eigenvalue weighted by Gasteiger charge is -2.11. The van der Waals surface area contributed by atoms with Gasteiger partial charge in [0.15, 0.2) is 11.0 Å². The lowest BCUT2D eigenvalue weighted by atomic mass is 10.1. The second-order valence-corrected chi connectivity index (χ2v) is 7.32. The Morgan fingerprint density at radius 1 is 0.929 bits per heavy atom. The molecular weight excluding hydrogens is 372 g/mol. The molecule has 0 aliphatic rings. The van der Waals surface area contributed by atoms with E-state index in [1.165, 1.54) is 22.9 Å². The molecule has 0 saturated carbocycles. The largest absolute Gasteiger partial charge is 0.424 e. The summed E-state index contributed by atoms with van der Waals surface area (Å²) in [4.78, 5) is 4.10. The smallest absolute Gasteiger partial charge is 0.226 e. The first kappa shape index (κ1) is 18.4. The molecule has 7 nitrogen and oxygen atoms in total. The summed E-state index contributed by atoms with van der Waals surface area (Å²) in [6.45, 7) is 6.19. The molecule has 0 N–H and O–H groups in total. The Bertz CT molecular complexity index is 1090. The number of pyridine rings is 1. The summed E-state index contributed by atoms with van der Waals surface area (Å²) < 4.78 is 7.68. The van der Waals surface area contributed by atoms with Crippen LogP contribution in [0.2, 0.25) is 0 Å². The lowest BCUT2D eigenvalue weighted by Crippen LogP contribution is -2.01. The van der Waals surface area contributed by atoms with Crippen LogP contribution in [0, 0.1) is 13.8 Å². The summed E-state index contributed by atoms with van der Waals surface area (Å²) in [5.74, 6) is 2.53. The highest BCUT2D eigenvalue weighted by Crippen LogP contribution is 2.30. The molecule has 4 aromatic rings. The number of nitrogens with zero attached hydrogens (tertiary/aromatic N) is 6. The van der Waals surface area contributed by atoms with Gasteiger partial charge in [-0.15, -0.1) is 20.4 Å². The zero-order valence-corrected chi connectivity index (χ0v) is 16.8. The van der Waals surface area contributed by atoms with Crippen LogP contribution in [0.1, 0.15) is 29.8 Å². The maximum Gasteiger partial charge on any atom is 0.226 e. The molecule has 0 fully saturated rings. The first-order valence-corrected chi connectivity index (χ1v) is 10.0. The van der Waals surface area contributed by atoms with E-state index in [4.69, 9.17) is 4.42 Å². The lowest BCUT2D eigenvalue weighted by molar-refractivity contribution is 0.470. The minimum atomic E-state index is 0.534. The van der Waals surface area contributed by atoms with Crippen molar-refractivity contribution < 1.29 is 4.42 Å². The third-order valence-corrected chi connectivity index (χ3v) is 5.37. The first-order chi connectivity index (χ1) is 13.7. The third kappa shape index (κ3) is 3.68. The first-order valence-electron chi connectivity index (χ1n) is 9.03. The fourth-order valence-electron chi connectivity index (χ4n) is 2.76. The van der Waals surface area contributed by atoms with E-state index in [2.05, 4.69) is 62.0 Å². The number of aromatic nitrogens is 6. The standard InChI is InChI=1S/C20H20N6OS/c1-4-17-22-23-18(27-17)12-28-20-25-24-19(15-7-9-21-10-8-15)26(20)16-6-5-13(2)14(3)11-16/h5-11H,4,12H2,1-3H3. The molecule has 0 amide bonds. The Hall–Kier alpha value is -3.00. The summed E-state index contributed by atoms with van der Waals surface area (Å²) >= 11 is 1.52. The van der Waals surface area contributed by atoms with Crippen molar-refractivity contribution in [2.24, 2.45) is 0 Å². The van der Waals surface area contributed by atoms with E-state index < -0.39 is 0 Å². The number of hydrogen-bond donors (Lipinski definition) is 0. The van der Waals surface area contributed by atoms with Crippen LogP contribution in [0.25, 0.3) is 17.1 Å². The molecule has 3 aromatic heterocycles. The predicted molar refractivity (Wildman–Crippen MR) is 107 cm³/mol. The van der Waals surface area contributed by atoms with Crippen molar-refractivity contribution in [2.45, 2.75) is 38.1 Å². The quantitative estimate of drug-likeness (QED) is 0.455. The number of benzene rings is 1. The summed E-state index contributed by atoms with van der Waals surface area (Å²) in [5, 5.41) is 17.8. The molecule has 142 valence electrons. The predicted octanol–water partition coefficient (Wildman–Crippen LogP) is 4.18. The van der Waals surface area contributed by atoms with Crippen molar-refractivity contribution >= 4 is 11.8 Å². The van der Waals surface area contributed by atoms with Gasteiger partial charge in [0.05, 0.1) is 11.4 Å². The van der Waals surface area contributed by atoms with Gasteiger partial charge in [0.2, 0.25) is 11.8 Å². The molecular formula is C20H20N6OS. The van der Waals surface area contributed by atoms with Crippen LogP contribution in [-0.4, -0.2) is 29.9 Å². The molecule has 0 radical (unpaired) electrons. The molecule has 0 atom stereocenters. The van der Waals surface area contributed by atoms with Crippen LogP contribution in [0.4, 0.5) is 0 Å². The third-order valence-electron chi connectivity index (χ3n) is 4.46. The Balaban J connectivity index is 1.73. The molecule has 4 rings (SSSR count). The monoisotopic (exact) mass is 392 g/mol. The Morgan fingerprint density at radius 3 is 2.43 bits per heavy atom. The van der Waals surface area contributed by atoms with E-state index in [1.807, 2.05) is 19.1 Å². The number of hydrogen-bond acceptors (Lipinski definition) is 7. The molecule has 1 aromatic carbocycles. The van der Waals surface area contributed by atoms with E-state index in [-0.39, 0.29) is 0 Å². The van der Waals surface area contributed by atoms with Crippen LogP contribution in [0.3, 0.4) is 0 Å². The van der Waals surface area contributed by atoms with Crippen LogP contribution in [0.5, 0.6) is 0 Å². The molecule has 28 heavy (non-hydrogen) atoms. The van der Waals surface area contributed by atoms with E-state index in [0.29, 0.717) is 17.5 Å². The second kappa shape index (κ2) is 7.93. The van der Waals surface area contributed by atoms with E-state index in [9.17, 15) is 0 Å². The van der Waals surface area contributed by atoms with Gasteiger partial charge in [-0.2, -0.15) is 0 Å². The zero-order chi connectivity index (χ0) is 19.5. The SMILES string of the molecule is CCc1nnc(CSc2nnc(-c3ccncc3)n2-c2ccc(C)c(C)c2)o1. The van der Waals surface area contributed by atoms with Crippen LogP contribution in [-0.2, 0) is 12.2 Å². The molecule has 3 heterocycles. The van der Waals surface area contributed by atoms with Gasteiger partial charge in [0.1, 0.15) is 0 Å². The van der Waals surface area contributed by atoms with E-state index in [0.717, 1.165) is 28.7 Å². The minimum Gasteiger partial charge on any atom is -0.424 e. The van der Waals surface area contributed by atoms with Gasteiger partial charge in [-0.05, 0) is 49.2 Å². The van der Waals surface area contributed by atoms with Crippen LogP contribution < -0.4 is 0 Å². The average Bonchev–Trinajstić information content (AvgIpc) is 3.36. The highest BCUT2D eigenvalue weighted by molar-refractivity contribution is 7.98. The fourth-order valence-corrected chi connectivity index (χ4v) is 3.55. The van der Waals surface area contributed by atoms with Crippen LogP contribution >= 0.6 is 11.8 Å². The van der Waals surface area contributed by atoms with Crippen molar-refractivity contribution in [3.63, 3.8) is 0 Å². The molecule has 8 heteroatoms.